The minimum atomic E-state index is -0.292. The molecule has 0 fully saturated rings. The lowest BCUT2D eigenvalue weighted by Gasteiger charge is -2.08. The Bertz CT molecular complexity index is 1020. The van der Waals surface area contributed by atoms with Crippen molar-refractivity contribution in [1.82, 2.24) is 4.98 Å². The molecule has 3 aromatic carbocycles. The third kappa shape index (κ3) is 1.78. The number of para-hydroxylation sites is 1. The monoisotopic (exact) mass is 288 g/mol. The fraction of sp³-hybridized carbons (Fsp3) is 0. The van der Waals surface area contributed by atoms with E-state index >= 15 is 0 Å². The zero-order valence-corrected chi connectivity index (χ0v) is 11.6. The second-order valence-electron chi connectivity index (χ2n) is 5.19. The molecule has 1 N–H and O–H groups in total. The number of aromatic amines is 1. The summed E-state index contributed by atoms with van der Waals surface area (Å²) in [6.07, 6.45) is 1.85. The molecule has 0 aliphatic heterocycles. The molecule has 0 aliphatic carbocycles. The van der Waals surface area contributed by atoms with E-state index in [2.05, 4.69) is 4.98 Å². The lowest BCUT2D eigenvalue weighted by Crippen LogP contribution is -1.94. The van der Waals surface area contributed by atoms with Crippen molar-refractivity contribution in [3.05, 3.63) is 77.0 Å². The second kappa shape index (κ2) is 4.70. The van der Waals surface area contributed by atoms with Gasteiger partial charge in [-0.3, -0.25) is 10.1 Å². The summed E-state index contributed by atoms with van der Waals surface area (Å²) in [5.41, 5.74) is 2.55. The summed E-state index contributed by atoms with van der Waals surface area (Å²) in [6, 6.07) is 18.9. The maximum atomic E-state index is 11.7. The van der Waals surface area contributed by atoms with Crippen molar-refractivity contribution in [1.29, 1.82) is 0 Å². The van der Waals surface area contributed by atoms with Gasteiger partial charge in [-0.1, -0.05) is 42.5 Å². The van der Waals surface area contributed by atoms with Gasteiger partial charge in [0.1, 0.15) is 0 Å². The molecular formula is C18H12N2O2. The number of fused-ring (bicyclic) bond motifs is 2. The molecule has 4 rings (SSSR count). The van der Waals surface area contributed by atoms with Crippen molar-refractivity contribution in [2.24, 2.45) is 0 Å². The van der Waals surface area contributed by atoms with Crippen LogP contribution in [-0.4, -0.2) is 9.91 Å². The van der Waals surface area contributed by atoms with Crippen LogP contribution in [0.1, 0.15) is 0 Å². The van der Waals surface area contributed by atoms with Crippen molar-refractivity contribution in [2.75, 3.05) is 0 Å². The van der Waals surface area contributed by atoms with Gasteiger partial charge in [0, 0.05) is 11.8 Å². The van der Waals surface area contributed by atoms with Gasteiger partial charge in [0.05, 0.1) is 21.4 Å². The lowest BCUT2D eigenvalue weighted by molar-refractivity contribution is -0.382. The molecule has 1 heterocycles. The number of nitrogens with zero attached hydrogens (tertiary/aromatic N) is 1. The molecule has 4 nitrogen and oxygen atoms in total. The molecule has 0 bridgehead atoms. The molecule has 1 aromatic heterocycles. The Morgan fingerprint density at radius 1 is 0.818 bits per heavy atom. The van der Waals surface area contributed by atoms with Gasteiger partial charge < -0.3 is 4.98 Å². The van der Waals surface area contributed by atoms with E-state index in [9.17, 15) is 10.1 Å². The van der Waals surface area contributed by atoms with E-state index in [1.54, 1.807) is 6.07 Å². The molecule has 0 spiro atoms. The normalized spacial score (nSPS) is 11.1. The van der Waals surface area contributed by atoms with Gasteiger partial charge in [-0.25, -0.2) is 0 Å². The Morgan fingerprint density at radius 2 is 1.64 bits per heavy atom. The maximum absolute atomic E-state index is 11.7. The number of rotatable bonds is 2. The summed E-state index contributed by atoms with van der Waals surface area (Å²) in [6.45, 7) is 0. The highest BCUT2D eigenvalue weighted by atomic mass is 16.6. The Labute approximate surface area is 126 Å². The molecule has 0 radical (unpaired) electrons. The van der Waals surface area contributed by atoms with Crippen LogP contribution in [0.5, 0.6) is 0 Å². The minimum absolute atomic E-state index is 0.153. The minimum Gasteiger partial charge on any atom is -0.361 e. The molecule has 0 unspecified atom stereocenters. The molecular weight excluding hydrogens is 276 g/mol. The van der Waals surface area contributed by atoms with Crippen molar-refractivity contribution < 1.29 is 4.92 Å². The summed E-state index contributed by atoms with van der Waals surface area (Å²) >= 11 is 0. The largest absolute Gasteiger partial charge is 0.361 e. The van der Waals surface area contributed by atoms with Crippen molar-refractivity contribution in [3.63, 3.8) is 0 Å². The Balaban J connectivity index is 2.13. The van der Waals surface area contributed by atoms with Crippen LogP contribution in [-0.2, 0) is 0 Å². The van der Waals surface area contributed by atoms with Crippen LogP contribution >= 0.6 is 0 Å². The van der Waals surface area contributed by atoms with Crippen LogP contribution in [0.2, 0.25) is 0 Å². The lowest BCUT2D eigenvalue weighted by atomic mass is 9.97. The fourth-order valence-corrected chi connectivity index (χ4v) is 2.98. The summed E-state index contributed by atoms with van der Waals surface area (Å²) in [4.78, 5) is 14.6. The van der Waals surface area contributed by atoms with E-state index in [0.717, 1.165) is 21.9 Å². The van der Waals surface area contributed by atoms with E-state index in [1.807, 2.05) is 60.8 Å². The summed E-state index contributed by atoms with van der Waals surface area (Å²) in [5, 5.41) is 14.3. The van der Waals surface area contributed by atoms with Gasteiger partial charge in [-0.2, -0.15) is 0 Å². The zero-order chi connectivity index (χ0) is 15.1. The zero-order valence-electron chi connectivity index (χ0n) is 11.6. The first-order valence-electron chi connectivity index (χ1n) is 6.98. The van der Waals surface area contributed by atoms with E-state index in [4.69, 9.17) is 0 Å². The SMILES string of the molecule is O=[N+]([O-])c1c(-c2cccc3cc[nH]c23)ccc2ccccc12. The third-order valence-corrected chi connectivity index (χ3v) is 3.96. The first-order chi connectivity index (χ1) is 10.8. The quantitative estimate of drug-likeness (QED) is 0.421. The number of aromatic nitrogens is 1. The number of hydrogen-bond acceptors (Lipinski definition) is 2. The van der Waals surface area contributed by atoms with Crippen LogP contribution in [0.25, 0.3) is 32.8 Å². The van der Waals surface area contributed by atoms with E-state index in [-0.39, 0.29) is 10.6 Å². The number of hydrogen-bond donors (Lipinski definition) is 1. The van der Waals surface area contributed by atoms with Crippen LogP contribution in [0.4, 0.5) is 5.69 Å². The molecule has 0 aliphatic rings. The predicted octanol–water partition coefficient (Wildman–Crippen LogP) is 4.90. The maximum Gasteiger partial charge on any atom is 0.285 e. The highest BCUT2D eigenvalue weighted by molar-refractivity contribution is 6.03. The van der Waals surface area contributed by atoms with Crippen molar-refractivity contribution >= 4 is 27.4 Å². The summed E-state index contributed by atoms with van der Waals surface area (Å²) in [5.74, 6) is 0. The third-order valence-electron chi connectivity index (χ3n) is 3.96. The van der Waals surface area contributed by atoms with Gasteiger partial charge in [-0.05, 0) is 29.0 Å². The first-order valence-corrected chi connectivity index (χ1v) is 6.98. The molecule has 4 aromatic rings. The van der Waals surface area contributed by atoms with Crippen LogP contribution in [0.15, 0.2) is 66.9 Å². The highest BCUT2D eigenvalue weighted by Gasteiger charge is 2.20. The van der Waals surface area contributed by atoms with E-state index in [1.165, 1.54) is 0 Å². The van der Waals surface area contributed by atoms with Crippen molar-refractivity contribution in [3.8, 4) is 11.1 Å². The standard InChI is InChI=1S/C18H12N2O2/c21-20(22)18-14-6-2-1-4-12(14)8-9-16(18)15-7-3-5-13-10-11-19-17(13)15/h1-11,19H. The number of nitrogens with one attached hydrogen (secondary N) is 1. The molecule has 0 amide bonds. The number of nitro groups is 1. The summed E-state index contributed by atoms with van der Waals surface area (Å²) < 4.78 is 0. The predicted molar refractivity (Wildman–Crippen MR) is 87.9 cm³/mol. The molecule has 22 heavy (non-hydrogen) atoms. The topological polar surface area (TPSA) is 58.9 Å². The van der Waals surface area contributed by atoms with Crippen LogP contribution in [0, 0.1) is 10.1 Å². The molecule has 0 saturated heterocycles. The molecule has 0 saturated carbocycles. The summed E-state index contributed by atoms with van der Waals surface area (Å²) in [7, 11) is 0. The van der Waals surface area contributed by atoms with Crippen molar-refractivity contribution in [2.45, 2.75) is 0 Å². The number of nitro benzene ring substituents is 1. The smallest absolute Gasteiger partial charge is 0.285 e. The first kappa shape index (κ1) is 12.6. The Morgan fingerprint density at radius 3 is 2.50 bits per heavy atom. The van der Waals surface area contributed by atoms with Gasteiger partial charge in [0.25, 0.3) is 5.69 Å². The average Bonchev–Trinajstić information content (AvgIpc) is 3.02. The van der Waals surface area contributed by atoms with Crippen LogP contribution in [0.3, 0.4) is 0 Å². The molecule has 0 atom stereocenters. The van der Waals surface area contributed by atoms with E-state index < -0.39 is 0 Å². The Hall–Kier alpha value is -3.14. The van der Waals surface area contributed by atoms with Gasteiger partial charge in [0.15, 0.2) is 0 Å². The van der Waals surface area contributed by atoms with Gasteiger partial charge >= 0.3 is 0 Å². The van der Waals surface area contributed by atoms with Gasteiger partial charge in [-0.15, -0.1) is 0 Å². The van der Waals surface area contributed by atoms with Crippen LogP contribution < -0.4 is 0 Å². The number of benzene rings is 3. The molecule has 106 valence electrons. The average molecular weight is 288 g/mol. The fourth-order valence-electron chi connectivity index (χ4n) is 2.98. The highest BCUT2D eigenvalue weighted by Crippen LogP contribution is 2.38. The Kier molecular flexibility index (Phi) is 2.69. The number of H-pyrrole nitrogens is 1. The van der Waals surface area contributed by atoms with Gasteiger partial charge in [0.2, 0.25) is 0 Å². The second-order valence-corrected chi connectivity index (χ2v) is 5.19. The van der Waals surface area contributed by atoms with E-state index in [0.29, 0.717) is 10.9 Å². The molecule has 4 heteroatoms.